The quantitative estimate of drug-likeness (QED) is 0.858. The van der Waals surface area contributed by atoms with Gasteiger partial charge in [0, 0.05) is 30.6 Å². The molecule has 0 aliphatic carbocycles. The number of aryl methyl sites for hydroxylation is 1. The molecule has 4 heteroatoms. The molecule has 2 rings (SSSR count). The molecular formula is C12H21N3S. The highest BCUT2D eigenvalue weighted by Crippen LogP contribution is 2.24. The first-order chi connectivity index (χ1) is 7.58. The first-order valence-corrected chi connectivity index (χ1v) is 6.86. The van der Waals surface area contributed by atoms with E-state index in [1.54, 1.807) is 11.3 Å². The van der Waals surface area contributed by atoms with Gasteiger partial charge in [0.2, 0.25) is 0 Å². The number of nitrogens with zero attached hydrogens (tertiary/aromatic N) is 2. The Bertz CT molecular complexity index is 350. The van der Waals surface area contributed by atoms with Crippen molar-refractivity contribution in [2.75, 3.05) is 6.54 Å². The van der Waals surface area contributed by atoms with Crippen molar-refractivity contribution in [3.8, 4) is 0 Å². The Morgan fingerprint density at radius 1 is 1.56 bits per heavy atom. The number of nitrogens with two attached hydrogens (primary N) is 1. The molecule has 16 heavy (non-hydrogen) atoms. The summed E-state index contributed by atoms with van der Waals surface area (Å²) >= 11 is 1.73. The summed E-state index contributed by atoms with van der Waals surface area (Å²) in [5.41, 5.74) is 7.29. The highest BCUT2D eigenvalue weighted by atomic mass is 32.1. The van der Waals surface area contributed by atoms with Gasteiger partial charge in [0.15, 0.2) is 0 Å². The summed E-state index contributed by atoms with van der Waals surface area (Å²) in [7, 11) is 0. The lowest BCUT2D eigenvalue weighted by Crippen LogP contribution is -2.51. The molecule has 3 atom stereocenters. The molecule has 0 bridgehead atoms. The van der Waals surface area contributed by atoms with E-state index in [2.05, 4.69) is 36.0 Å². The molecule has 1 aliphatic heterocycles. The fourth-order valence-electron chi connectivity index (χ4n) is 2.38. The van der Waals surface area contributed by atoms with Crippen molar-refractivity contribution >= 4 is 11.3 Å². The zero-order valence-electron chi connectivity index (χ0n) is 10.3. The predicted octanol–water partition coefficient (Wildman–Crippen LogP) is 2.01. The maximum Gasteiger partial charge on any atom is 0.0897 e. The Hall–Kier alpha value is -0.450. The van der Waals surface area contributed by atoms with Gasteiger partial charge >= 0.3 is 0 Å². The summed E-state index contributed by atoms with van der Waals surface area (Å²) < 4.78 is 0. The molecule has 0 aromatic carbocycles. The predicted molar refractivity (Wildman–Crippen MR) is 68.5 cm³/mol. The highest BCUT2D eigenvalue weighted by molar-refractivity contribution is 7.09. The van der Waals surface area contributed by atoms with Gasteiger partial charge in [0.25, 0.3) is 0 Å². The van der Waals surface area contributed by atoms with E-state index in [1.165, 1.54) is 5.69 Å². The number of rotatable bonds is 2. The second-order valence-electron chi connectivity index (χ2n) is 4.88. The smallest absolute Gasteiger partial charge is 0.0897 e. The Morgan fingerprint density at radius 3 is 2.94 bits per heavy atom. The lowest BCUT2D eigenvalue weighted by molar-refractivity contribution is 0.0899. The van der Waals surface area contributed by atoms with Crippen LogP contribution in [0.1, 0.15) is 31.0 Å². The minimum absolute atomic E-state index is 0.364. The monoisotopic (exact) mass is 239 g/mol. The molecule has 1 aliphatic rings. The van der Waals surface area contributed by atoms with Crippen molar-refractivity contribution in [1.29, 1.82) is 0 Å². The van der Waals surface area contributed by atoms with Gasteiger partial charge in [-0.3, -0.25) is 4.90 Å². The number of hydrogen-bond acceptors (Lipinski definition) is 4. The first kappa shape index (κ1) is 12.0. The number of hydrogen-bond donors (Lipinski definition) is 1. The lowest BCUT2D eigenvalue weighted by atomic mass is 9.87. The minimum Gasteiger partial charge on any atom is -0.327 e. The van der Waals surface area contributed by atoms with Crippen molar-refractivity contribution < 1.29 is 0 Å². The maximum absolute atomic E-state index is 6.09. The fourth-order valence-corrected chi connectivity index (χ4v) is 2.99. The largest absolute Gasteiger partial charge is 0.327 e. The zero-order chi connectivity index (χ0) is 11.7. The molecule has 1 aromatic heterocycles. The average Bonchev–Trinajstić information content (AvgIpc) is 2.65. The van der Waals surface area contributed by atoms with Crippen molar-refractivity contribution in [1.82, 2.24) is 9.88 Å². The van der Waals surface area contributed by atoms with E-state index < -0.39 is 0 Å². The Balaban J connectivity index is 2.00. The van der Waals surface area contributed by atoms with Crippen molar-refractivity contribution in [3.05, 3.63) is 16.1 Å². The molecule has 1 saturated heterocycles. The molecule has 90 valence electrons. The van der Waals surface area contributed by atoms with Gasteiger partial charge in [-0.25, -0.2) is 4.98 Å². The molecule has 1 aromatic rings. The van der Waals surface area contributed by atoms with E-state index in [0.717, 1.165) is 24.5 Å². The molecule has 2 heterocycles. The summed E-state index contributed by atoms with van der Waals surface area (Å²) in [5, 5.41) is 3.32. The van der Waals surface area contributed by atoms with Crippen LogP contribution in [0, 0.1) is 12.8 Å². The van der Waals surface area contributed by atoms with Crippen molar-refractivity contribution in [3.63, 3.8) is 0 Å². The van der Waals surface area contributed by atoms with Crippen LogP contribution in [-0.4, -0.2) is 28.5 Å². The van der Waals surface area contributed by atoms with Gasteiger partial charge in [0.1, 0.15) is 0 Å². The highest BCUT2D eigenvalue weighted by Gasteiger charge is 2.30. The third-order valence-corrected chi connectivity index (χ3v) is 4.62. The van der Waals surface area contributed by atoms with E-state index in [1.807, 2.05) is 0 Å². The minimum atomic E-state index is 0.364. The van der Waals surface area contributed by atoms with Crippen LogP contribution in [0.5, 0.6) is 0 Å². The molecule has 0 spiro atoms. The van der Waals surface area contributed by atoms with Gasteiger partial charge in [-0.2, -0.15) is 0 Å². The molecule has 1 fully saturated rings. The van der Waals surface area contributed by atoms with Crippen LogP contribution in [0.3, 0.4) is 0 Å². The van der Waals surface area contributed by atoms with Gasteiger partial charge in [0.05, 0.1) is 10.7 Å². The molecule has 3 unspecified atom stereocenters. The second-order valence-corrected chi connectivity index (χ2v) is 5.94. The summed E-state index contributed by atoms with van der Waals surface area (Å²) in [5.74, 6) is 0.577. The fraction of sp³-hybridized carbons (Fsp3) is 0.750. The van der Waals surface area contributed by atoms with E-state index in [9.17, 15) is 0 Å². The van der Waals surface area contributed by atoms with Crippen LogP contribution in [-0.2, 0) is 6.54 Å². The molecule has 2 N–H and O–H groups in total. The second kappa shape index (κ2) is 4.82. The van der Waals surface area contributed by atoms with E-state index in [0.29, 0.717) is 18.0 Å². The summed E-state index contributed by atoms with van der Waals surface area (Å²) in [6.07, 6.45) is 1.11. The normalized spacial score (nSPS) is 31.9. The molecule has 3 nitrogen and oxygen atoms in total. The average molecular weight is 239 g/mol. The van der Waals surface area contributed by atoms with Crippen LogP contribution in [0.4, 0.5) is 0 Å². The van der Waals surface area contributed by atoms with Crippen LogP contribution >= 0.6 is 11.3 Å². The summed E-state index contributed by atoms with van der Waals surface area (Å²) in [4.78, 5) is 7.03. The molecule has 0 saturated carbocycles. The van der Waals surface area contributed by atoms with Gasteiger partial charge in [-0.1, -0.05) is 6.92 Å². The van der Waals surface area contributed by atoms with Crippen LogP contribution in [0.25, 0.3) is 0 Å². The SMILES string of the molecule is Cc1nc(CN2CCC(N)C(C)C2C)cs1. The van der Waals surface area contributed by atoms with E-state index >= 15 is 0 Å². The van der Waals surface area contributed by atoms with E-state index in [-0.39, 0.29) is 0 Å². The zero-order valence-corrected chi connectivity index (χ0v) is 11.1. The Kier molecular flexibility index (Phi) is 3.62. The van der Waals surface area contributed by atoms with Gasteiger partial charge in [-0.05, 0) is 26.2 Å². The molecule has 0 radical (unpaired) electrons. The summed E-state index contributed by atoms with van der Waals surface area (Å²) in [6, 6.07) is 0.925. The Morgan fingerprint density at radius 2 is 2.31 bits per heavy atom. The Labute approximate surface area is 102 Å². The van der Waals surface area contributed by atoms with Crippen molar-refractivity contribution in [2.45, 2.75) is 45.8 Å². The number of likely N-dealkylation sites (tertiary alicyclic amines) is 1. The number of thiazole rings is 1. The van der Waals surface area contributed by atoms with Crippen LogP contribution in [0.2, 0.25) is 0 Å². The van der Waals surface area contributed by atoms with Crippen molar-refractivity contribution in [2.24, 2.45) is 11.7 Å². The lowest BCUT2D eigenvalue weighted by Gasteiger charge is -2.41. The number of aromatic nitrogens is 1. The molecule has 0 amide bonds. The third kappa shape index (κ3) is 2.44. The number of piperidine rings is 1. The topological polar surface area (TPSA) is 42.2 Å². The van der Waals surface area contributed by atoms with Gasteiger partial charge < -0.3 is 5.73 Å². The third-order valence-electron chi connectivity index (χ3n) is 3.79. The maximum atomic E-state index is 6.09. The van der Waals surface area contributed by atoms with E-state index in [4.69, 9.17) is 5.73 Å². The standard InChI is InChI=1S/C12H21N3S/c1-8-9(2)15(5-4-12(8)13)6-11-7-16-10(3)14-11/h7-9,12H,4-6,13H2,1-3H3. The van der Waals surface area contributed by atoms with Gasteiger partial charge in [-0.15, -0.1) is 11.3 Å². The first-order valence-electron chi connectivity index (χ1n) is 5.98. The molecular weight excluding hydrogens is 218 g/mol. The van der Waals surface area contributed by atoms with Crippen LogP contribution < -0.4 is 5.73 Å². The summed E-state index contributed by atoms with van der Waals surface area (Å²) in [6.45, 7) is 8.68. The van der Waals surface area contributed by atoms with Crippen LogP contribution in [0.15, 0.2) is 5.38 Å².